The summed E-state index contributed by atoms with van der Waals surface area (Å²) < 4.78 is 2.23. The molecule has 0 radical (unpaired) electrons. The maximum absolute atomic E-state index is 10.8. The van der Waals surface area contributed by atoms with Crippen molar-refractivity contribution in [1.82, 2.24) is 9.55 Å². The van der Waals surface area contributed by atoms with Gasteiger partial charge < -0.3 is 9.67 Å². The van der Waals surface area contributed by atoms with Gasteiger partial charge in [0.1, 0.15) is 5.82 Å². The first-order valence-corrected chi connectivity index (χ1v) is 5.87. The number of aromatic nitrogens is 2. The highest BCUT2D eigenvalue weighted by molar-refractivity contribution is 5.69. The first kappa shape index (κ1) is 11.2. The number of fused-ring (bicyclic) bond motifs is 1. The van der Waals surface area contributed by atoms with Gasteiger partial charge in [0.2, 0.25) is 0 Å². The lowest BCUT2D eigenvalue weighted by atomic mass is 10.0. The maximum Gasteiger partial charge on any atom is 0.306 e. The van der Waals surface area contributed by atoms with Crippen LogP contribution in [0.2, 0.25) is 0 Å². The molecule has 0 aromatic carbocycles. The van der Waals surface area contributed by atoms with Crippen LogP contribution in [0, 0.1) is 5.92 Å². The van der Waals surface area contributed by atoms with E-state index in [1.807, 2.05) is 6.20 Å². The Labute approximate surface area is 95.3 Å². The lowest BCUT2D eigenvalue weighted by Crippen LogP contribution is -2.20. The van der Waals surface area contributed by atoms with E-state index >= 15 is 0 Å². The minimum absolute atomic E-state index is 0.338. The van der Waals surface area contributed by atoms with E-state index in [9.17, 15) is 4.79 Å². The normalized spacial score (nSPS) is 21.5. The third kappa shape index (κ3) is 1.96. The summed E-state index contributed by atoms with van der Waals surface area (Å²) in [5.74, 6) is 0.0419. The summed E-state index contributed by atoms with van der Waals surface area (Å²) in [5, 5.41) is 8.92. The molecule has 0 saturated heterocycles. The number of aliphatic carboxylic acids is 1. The molecule has 1 aromatic rings. The van der Waals surface area contributed by atoms with Gasteiger partial charge in [-0.05, 0) is 19.8 Å². The smallest absolute Gasteiger partial charge is 0.306 e. The zero-order valence-corrected chi connectivity index (χ0v) is 9.81. The van der Waals surface area contributed by atoms with Crippen LogP contribution in [0.3, 0.4) is 0 Å². The Balaban J connectivity index is 2.22. The fraction of sp³-hybridized carbons (Fsp3) is 0.667. The van der Waals surface area contributed by atoms with Crippen molar-refractivity contribution < 1.29 is 9.90 Å². The second-order valence-electron chi connectivity index (χ2n) is 4.72. The van der Waals surface area contributed by atoms with E-state index in [-0.39, 0.29) is 5.92 Å². The monoisotopic (exact) mass is 222 g/mol. The summed E-state index contributed by atoms with van der Waals surface area (Å²) in [6, 6.07) is 0.460. The predicted molar refractivity (Wildman–Crippen MR) is 60.4 cm³/mol. The summed E-state index contributed by atoms with van der Waals surface area (Å²) in [5.41, 5.74) is 1.07. The van der Waals surface area contributed by atoms with Gasteiger partial charge in [-0.3, -0.25) is 4.79 Å². The van der Waals surface area contributed by atoms with Crippen molar-refractivity contribution >= 4 is 5.97 Å². The van der Waals surface area contributed by atoms with Gasteiger partial charge in [0.05, 0.1) is 5.92 Å². The molecule has 1 aliphatic heterocycles. The fourth-order valence-electron chi connectivity index (χ4n) is 2.40. The van der Waals surface area contributed by atoms with Crippen molar-refractivity contribution in [2.45, 2.75) is 45.6 Å². The first-order chi connectivity index (χ1) is 7.59. The SMILES string of the molecule is CC(Cc1cnc2n1C(C)CCC2)C(=O)O. The summed E-state index contributed by atoms with van der Waals surface area (Å²) in [4.78, 5) is 15.2. The third-order valence-electron chi connectivity index (χ3n) is 3.35. The summed E-state index contributed by atoms with van der Waals surface area (Å²) in [7, 11) is 0. The second kappa shape index (κ2) is 4.28. The van der Waals surface area contributed by atoms with Gasteiger partial charge in [-0.15, -0.1) is 0 Å². The minimum atomic E-state index is -0.737. The molecule has 1 aromatic heterocycles. The van der Waals surface area contributed by atoms with E-state index in [0.717, 1.165) is 24.4 Å². The zero-order chi connectivity index (χ0) is 11.7. The predicted octanol–water partition coefficient (Wildman–Crippen LogP) is 2.04. The highest BCUT2D eigenvalue weighted by atomic mass is 16.4. The fourth-order valence-corrected chi connectivity index (χ4v) is 2.40. The molecule has 2 heterocycles. The Morgan fingerprint density at radius 1 is 1.75 bits per heavy atom. The molecule has 4 nitrogen and oxygen atoms in total. The number of aryl methyl sites for hydroxylation is 1. The molecule has 0 spiro atoms. The Kier molecular flexibility index (Phi) is 2.99. The van der Waals surface area contributed by atoms with Crippen LogP contribution >= 0.6 is 0 Å². The molecular formula is C12H18N2O2. The molecule has 4 heteroatoms. The molecule has 16 heavy (non-hydrogen) atoms. The van der Waals surface area contributed by atoms with Crippen molar-refractivity contribution in [2.75, 3.05) is 0 Å². The Morgan fingerprint density at radius 3 is 3.19 bits per heavy atom. The molecule has 2 unspecified atom stereocenters. The molecule has 88 valence electrons. The zero-order valence-electron chi connectivity index (χ0n) is 9.81. The van der Waals surface area contributed by atoms with E-state index in [1.54, 1.807) is 6.92 Å². The third-order valence-corrected chi connectivity index (χ3v) is 3.35. The highest BCUT2D eigenvalue weighted by Gasteiger charge is 2.22. The van der Waals surface area contributed by atoms with E-state index in [0.29, 0.717) is 12.5 Å². The average Bonchev–Trinajstić information content (AvgIpc) is 2.63. The molecule has 0 saturated carbocycles. The van der Waals surface area contributed by atoms with Crippen LogP contribution in [-0.2, 0) is 17.6 Å². The van der Waals surface area contributed by atoms with Crippen LogP contribution in [0.4, 0.5) is 0 Å². The first-order valence-electron chi connectivity index (χ1n) is 5.87. The topological polar surface area (TPSA) is 55.1 Å². The van der Waals surface area contributed by atoms with Gasteiger partial charge in [-0.2, -0.15) is 0 Å². The largest absolute Gasteiger partial charge is 0.481 e. The van der Waals surface area contributed by atoms with E-state index < -0.39 is 5.97 Å². The Hall–Kier alpha value is -1.32. The highest BCUT2D eigenvalue weighted by Crippen LogP contribution is 2.26. The van der Waals surface area contributed by atoms with Crippen LogP contribution in [0.1, 0.15) is 44.2 Å². The summed E-state index contributed by atoms with van der Waals surface area (Å²) >= 11 is 0. The lowest BCUT2D eigenvalue weighted by molar-refractivity contribution is -0.141. The lowest BCUT2D eigenvalue weighted by Gasteiger charge is -2.24. The number of imidazole rings is 1. The summed E-state index contributed by atoms with van der Waals surface area (Å²) in [6.07, 6.45) is 5.79. The molecule has 1 N–H and O–H groups in total. The number of carboxylic acids is 1. The van der Waals surface area contributed by atoms with Crippen LogP contribution in [0.5, 0.6) is 0 Å². The second-order valence-corrected chi connectivity index (χ2v) is 4.72. The molecule has 0 aliphatic carbocycles. The molecule has 1 aliphatic rings. The van der Waals surface area contributed by atoms with Gasteiger partial charge in [0, 0.05) is 30.8 Å². The number of carboxylic acid groups (broad SMARTS) is 1. The van der Waals surface area contributed by atoms with Crippen molar-refractivity contribution in [2.24, 2.45) is 5.92 Å². The van der Waals surface area contributed by atoms with Gasteiger partial charge in [-0.1, -0.05) is 6.92 Å². The quantitative estimate of drug-likeness (QED) is 0.851. The Bertz CT molecular complexity index is 398. The minimum Gasteiger partial charge on any atom is -0.481 e. The van der Waals surface area contributed by atoms with Crippen LogP contribution in [-0.4, -0.2) is 20.6 Å². The van der Waals surface area contributed by atoms with Crippen LogP contribution in [0.15, 0.2) is 6.20 Å². The molecule has 0 bridgehead atoms. The summed E-state index contributed by atoms with van der Waals surface area (Å²) in [6.45, 7) is 3.93. The molecule has 2 atom stereocenters. The van der Waals surface area contributed by atoms with Crippen molar-refractivity contribution in [3.63, 3.8) is 0 Å². The van der Waals surface area contributed by atoms with Gasteiger partial charge in [0.15, 0.2) is 0 Å². The van der Waals surface area contributed by atoms with Crippen molar-refractivity contribution in [3.05, 3.63) is 17.7 Å². The number of carbonyl (C=O) groups is 1. The average molecular weight is 222 g/mol. The van der Waals surface area contributed by atoms with E-state index in [4.69, 9.17) is 5.11 Å². The van der Waals surface area contributed by atoms with Crippen LogP contribution < -0.4 is 0 Å². The van der Waals surface area contributed by atoms with E-state index in [2.05, 4.69) is 16.5 Å². The maximum atomic E-state index is 10.8. The molecular weight excluding hydrogens is 204 g/mol. The number of rotatable bonds is 3. The van der Waals surface area contributed by atoms with E-state index in [1.165, 1.54) is 6.42 Å². The number of nitrogens with zero attached hydrogens (tertiary/aromatic N) is 2. The van der Waals surface area contributed by atoms with Gasteiger partial charge in [-0.25, -0.2) is 4.98 Å². The van der Waals surface area contributed by atoms with Crippen molar-refractivity contribution in [1.29, 1.82) is 0 Å². The van der Waals surface area contributed by atoms with Crippen molar-refractivity contribution in [3.8, 4) is 0 Å². The molecule has 0 amide bonds. The molecule has 2 rings (SSSR count). The van der Waals surface area contributed by atoms with Crippen LogP contribution in [0.25, 0.3) is 0 Å². The Morgan fingerprint density at radius 2 is 2.50 bits per heavy atom. The number of hydrogen-bond acceptors (Lipinski definition) is 2. The molecule has 0 fully saturated rings. The van der Waals surface area contributed by atoms with Gasteiger partial charge in [0.25, 0.3) is 0 Å². The number of hydrogen-bond donors (Lipinski definition) is 1. The standard InChI is InChI=1S/C12H18N2O2/c1-8(12(15)16)6-10-7-13-11-5-3-4-9(2)14(10)11/h7-9H,3-6H2,1-2H3,(H,15,16). The van der Waals surface area contributed by atoms with Gasteiger partial charge >= 0.3 is 5.97 Å².